The van der Waals surface area contributed by atoms with E-state index in [1.54, 1.807) is 19.4 Å². The molecule has 0 bridgehead atoms. The molecule has 3 aromatic carbocycles. The fraction of sp³-hybridized carbons (Fsp3) is 0.250. The first-order valence-corrected chi connectivity index (χ1v) is 13.6. The summed E-state index contributed by atoms with van der Waals surface area (Å²) in [7, 11) is 1.64. The highest BCUT2D eigenvalue weighted by molar-refractivity contribution is 5.93. The first-order valence-electron chi connectivity index (χ1n) is 13.6. The van der Waals surface area contributed by atoms with Crippen LogP contribution < -0.4 is 20.1 Å². The molecule has 5 rings (SSSR count). The predicted octanol–water partition coefficient (Wildman–Crippen LogP) is 5.75. The minimum Gasteiger partial charge on any atom is -0.491 e. The molecule has 0 radical (unpaired) electrons. The van der Waals surface area contributed by atoms with Crippen molar-refractivity contribution >= 4 is 28.3 Å². The fourth-order valence-electron chi connectivity index (χ4n) is 4.28. The summed E-state index contributed by atoms with van der Waals surface area (Å²) in [5.74, 6) is 2.19. The summed E-state index contributed by atoms with van der Waals surface area (Å²) < 4.78 is 16.7. The summed E-state index contributed by atoms with van der Waals surface area (Å²) in [6.07, 6.45) is 3.64. The van der Waals surface area contributed by atoms with E-state index in [0.717, 1.165) is 33.3 Å². The number of aromatic amines is 1. The Hall–Kier alpha value is -4.96. The van der Waals surface area contributed by atoms with Crippen LogP contribution >= 0.6 is 0 Å². The second-order valence-electron chi connectivity index (χ2n) is 10.7. The van der Waals surface area contributed by atoms with Gasteiger partial charge in [-0.25, -0.2) is 9.97 Å². The molecular formula is C32H34N6O4. The number of methoxy groups -OCH3 is 1. The third-order valence-electron chi connectivity index (χ3n) is 6.18. The van der Waals surface area contributed by atoms with Crippen molar-refractivity contribution in [1.29, 1.82) is 0 Å². The topological polar surface area (TPSA) is 123 Å². The lowest BCUT2D eigenvalue weighted by atomic mass is 10.1. The van der Waals surface area contributed by atoms with Gasteiger partial charge in [-0.15, -0.1) is 0 Å². The number of nitrogens with one attached hydrogen (secondary N) is 3. The maximum absolute atomic E-state index is 12.3. The van der Waals surface area contributed by atoms with Crippen LogP contribution in [0.15, 0.2) is 79.1 Å². The minimum atomic E-state index is -0.334. The highest BCUT2D eigenvalue weighted by Crippen LogP contribution is 2.32. The van der Waals surface area contributed by atoms with Crippen molar-refractivity contribution in [3.8, 4) is 34.0 Å². The van der Waals surface area contributed by atoms with E-state index < -0.39 is 0 Å². The molecule has 3 N–H and O–H groups in total. The molecule has 10 heteroatoms. The third-order valence-corrected chi connectivity index (χ3v) is 6.18. The Morgan fingerprint density at radius 1 is 0.881 bits per heavy atom. The summed E-state index contributed by atoms with van der Waals surface area (Å²) in [5, 5.41) is 14.0. The SMILES string of the molecule is COCCOc1ccc2nc(-c3cccc(OCC(=O)NC(C)(C)C)c3)nc(Nc3ccc(-c4cn[nH]c4)cc3)c2c1. The smallest absolute Gasteiger partial charge is 0.258 e. The average molecular weight is 567 g/mol. The number of nitrogens with zero attached hydrogens (tertiary/aromatic N) is 3. The summed E-state index contributed by atoms with van der Waals surface area (Å²) in [6.45, 7) is 6.61. The lowest BCUT2D eigenvalue weighted by molar-refractivity contribution is -0.124. The average Bonchev–Trinajstić information content (AvgIpc) is 3.51. The van der Waals surface area contributed by atoms with Crippen LogP contribution in [0.25, 0.3) is 33.4 Å². The number of H-pyrrole nitrogens is 1. The molecule has 0 aliphatic rings. The molecule has 0 saturated heterocycles. The standard InChI is InChI=1S/C32H34N6O4/c1-32(2,3)38-29(39)20-42-25-7-5-6-22(16-25)30-36-28-13-12-26(41-15-14-40-4)17-27(28)31(37-30)35-24-10-8-21(9-11-24)23-18-33-34-19-23/h5-13,16-19H,14-15,20H2,1-4H3,(H,33,34)(H,38,39)(H,35,36,37). The highest BCUT2D eigenvalue weighted by atomic mass is 16.5. The molecule has 2 aromatic heterocycles. The van der Waals surface area contributed by atoms with Gasteiger partial charge >= 0.3 is 0 Å². The van der Waals surface area contributed by atoms with E-state index in [2.05, 4.69) is 20.8 Å². The summed E-state index contributed by atoms with van der Waals surface area (Å²) in [6, 6.07) is 21.1. The lowest BCUT2D eigenvalue weighted by Gasteiger charge is -2.20. The Morgan fingerprint density at radius 3 is 2.43 bits per heavy atom. The maximum Gasteiger partial charge on any atom is 0.258 e. The monoisotopic (exact) mass is 566 g/mol. The van der Waals surface area contributed by atoms with Gasteiger partial charge in [0.2, 0.25) is 0 Å². The van der Waals surface area contributed by atoms with Crippen LogP contribution in [-0.2, 0) is 9.53 Å². The van der Waals surface area contributed by atoms with Crippen LogP contribution in [0.3, 0.4) is 0 Å². The fourth-order valence-corrected chi connectivity index (χ4v) is 4.28. The number of carbonyl (C=O) groups is 1. The number of fused-ring (bicyclic) bond motifs is 1. The Balaban J connectivity index is 1.45. The van der Waals surface area contributed by atoms with Crippen LogP contribution in [0.2, 0.25) is 0 Å². The van der Waals surface area contributed by atoms with E-state index in [1.807, 2.05) is 87.6 Å². The number of ether oxygens (including phenoxy) is 3. The van der Waals surface area contributed by atoms with Gasteiger partial charge in [0.05, 0.1) is 18.3 Å². The van der Waals surface area contributed by atoms with E-state index in [-0.39, 0.29) is 18.1 Å². The van der Waals surface area contributed by atoms with E-state index in [0.29, 0.717) is 36.4 Å². The summed E-state index contributed by atoms with van der Waals surface area (Å²) in [4.78, 5) is 22.0. The van der Waals surface area contributed by atoms with E-state index in [9.17, 15) is 4.79 Å². The van der Waals surface area contributed by atoms with Gasteiger partial charge in [0.15, 0.2) is 12.4 Å². The molecule has 0 aliphatic heterocycles. The van der Waals surface area contributed by atoms with E-state index >= 15 is 0 Å². The molecule has 1 amide bonds. The van der Waals surface area contributed by atoms with Gasteiger partial charge in [0.1, 0.15) is 23.9 Å². The molecule has 0 unspecified atom stereocenters. The number of amides is 1. The first kappa shape index (κ1) is 28.6. The van der Waals surface area contributed by atoms with Crippen LogP contribution in [0.5, 0.6) is 11.5 Å². The molecule has 216 valence electrons. The van der Waals surface area contributed by atoms with Crippen molar-refractivity contribution in [2.75, 3.05) is 32.2 Å². The molecular weight excluding hydrogens is 532 g/mol. The van der Waals surface area contributed by atoms with Crippen LogP contribution in [-0.4, -0.2) is 58.5 Å². The zero-order valence-corrected chi connectivity index (χ0v) is 24.1. The van der Waals surface area contributed by atoms with Gasteiger partial charge in [-0.3, -0.25) is 9.89 Å². The van der Waals surface area contributed by atoms with Crippen molar-refractivity contribution in [2.24, 2.45) is 0 Å². The predicted molar refractivity (Wildman–Crippen MR) is 163 cm³/mol. The van der Waals surface area contributed by atoms with Crippen molar-refractivity contribution in [2.45, 2.75) is 26.3 Å². The molecule has 2 heterocycles. The highest BCUT2D eigenvalue weighted by Gasteiger charge is 2.15. The van der Waals surface area contributed by atoms with Crippen molar-refractivity contribution in [1.82, 2.24) is 25.5 Å². The molecule has 0 atom stereocenters. The Kier molecular flexibility index (Phi) is 8.63. The number of benzene rings is 3. The third kappa shape index (κ3) is 7.41. The number of rotatable bonds is 11. The molecule has 0 fully saturated rings. The first-order chi connectivity index (χ1) is 20.3. The zero-order valence-electron chi connectivity index (χ0n) is 24.1. The van der Waals surface area contributed by atoms with Crippen molar-refractivity contribution in [3.05, 3.63) is 79.1 Å². The number of carbonyl (C=O) groups excluding carboxylic acids is 1. The van der Waals surface area contributed by atoms with Gasteiger partial charge in [0, 0.05) is 41.0 Å². The van der Waals surface area contributed by atoms with Gasteiger partial charge in [-0.05, 0) is 68.8 Å². The van der Waals surface area contributed by atoms with E-state index in [1.165, 1.54) is 0 Å². The second-order valence-corrected chi connectivity index (χ2v) is 10.7. The largest absolute Gasteiger partial charge is 0.491 e. The number of hydrogen-bond donors (Lipinski definition) is 3. The summed E-state index contributed by atoms with van der Waals surface area (Å²) >= 11 is 0. The number of hydrogen-bond acceptors (Lipinski definition) is 8. The van der Waals surface area contributed by atoms with Crippen LogP contribution in [0, 0.1) is 0 Å². The van der Waals surface area contributed by atoms with E-state index in [4.69, 9.17) is 24.2 Å². The van der Waals surface area contributed by atoms with Crippen LogP contribution in [0.4, 0.5) is 11.5 Å². The van der Waals surface area contributed by atoms with Gasteiger partial charge in [-0.2, -0.15) is 5.10 Å². The van der Waals surface area contributed by atoms with Gasteiger partial charge in [0.25, 0.3) is 5.91 Å². The molecule has 0 aliphatic carbocycles. The molecule has 10 nitrogen and oxygen atoms in total. The van der Waals surface area contributed by atoms with Crippen molar-refractivity contribution < 1.29 is 19.0 Å². The van der Waals surface area contributed by atoms with Crippen LogP contribution in [0.1, 0.15) is 20.8 Å². The molecule has 0 spiro atoms. The van der Waals surface area contributed by atoms with Gasteiger partial charge < -0.3 is 24.8 Å². The second kappa shape index (κ2) is 12.7. The quantitative estimate of drug-likeness (QED) is 0.173. The Bertz CT molecular complexity index is 1650. The number of anilines is 2. The normalized spacial score (nSPS) is 11.3. The molecule has 42 heavy (non-hydrogen) atoms. The molecule has 0 saturated carbocycles. The summed E-state index contributed by atoms with van der Waals surface area (Å²) in [5.41, 5.74) is 4.08. The Labute approximate surface area is 244 Å². The Morgan fingerprint density at radius 2 is 1.69 bits per heavy atom. The minimum absolute atomic E-state index is 0.0905. The zero-order chi connectivity index (χ0) is 29.5. The van der Waals surface area contributed by atoms with Crippen molar-refractivity contribution in [3.63, 3.8) is 0 Å². The molecule has 5 aromatic rings. The van der Waals surface area contributed by atoms with Gasteiger partial charge in [-0.1, -0.05) is 24.3 Å². The lowest BCUT2D eigenvalue weighted by Crippen LogP contribution is -2.43. The maximum atomic E-state index is 12.3. The number of aromatic nitrogens is 4.